The summed E-state index contributed by atoms with van der Waals surface area (Å²) in [7, 11) is 3.29. The fourth-order valence-corrected chi connectivity index (χ4v) is 5.21. The first-order valence-electron chi connectivity index (χ1n) is 12.9. The lowest BCUT2D eigenvalue weighted by atomic mass is 9.95. The molecule has 0 radical (unpaired) electrons. The van der Waals surface area contributed by atoms with Crippen LogP contribution in [0.1, 0.15) is 44.4 Å². The average Bonchev–Trinajstić information content (AvgIpc) is 2.88. The van der Waals surface area contributed by atoms with Gasteiger partial charge in [-0.15, -0.1) is 0 Å². The van der Waals surface area contributed by atoms with E-state index in [0.717, 1.165) is 16.9 Å². The van der Waals surface area contributed by atoms with Crippen molar-refractivity contribution >= 4 is 17.8 Å². The predicted octanol–water partition coefficient (Wildman–Crippen LogP) is 3.38. The molecule has 10 heteroatoms. The second-order valence-corrected chi connectivity index (χ2v) is 10.3. The van der Waals surface area contributed by atoms with Gasteiger partial charge >= 0.3 is 6.03 Å². The van der Waals surface area contributed by atoms with Gasteiger partial charge in [0.1, 0.15) is 23.8 Å². The summed E-state index contributed by atoms with van der Waals surface area (Å²) in [4.78, 5) is 43.9. The van der Waals surface area contributed by atoms with E-state index in [9.17, 15) is 18.8 Å². The Hall–Kier alpha value is -3.66. The number of ether oxygens (including phenoxy) is 1. The number of amides is 4. The SMILES string of the molecule is COc1ccc(CNC(=O)N2[C@H]3CN(C(C)c4ccc(F)cc4)C(=O)[C@H](CC(C)C)N3C(=O)CN2C)cc1. The van der Waals surface area contributed by atoms with E-state index >= 15 is 0 Å². The van der Waals surface area contributed by atoms with Gasteiger partial charge in [-0.2, -0.15) is 0 Å². The molecule has 1 unspecified atom stereocenters. The second kappa shape index (κ2) is 11.4. The van der Waals surface area contributed by atoms with E-state index in [1.807, 2.05) is 45.0 Å². The first kappa shape index (κ1) is 27.4. The molecule has 2 fully saturated rings. The van der Waals surface area contributed by atoms with Crippen molar-refractivity contribution in [3.05, 3.63) is 65.5 Å². The van der Waals surface area contributed by atoms with Gasteiger partial charge in [-0.05, 0) is 54.7 Å². The molecule has 2 aliphatic rings. The number of methoxy groups -OCH3 is 1. The van der Waals surface area contributed by atoms with Gasteiger partial charge in [0.2, 0.25) is 11.8 Å². The fraction of sp³-hybridized carbons (Fsp3) is 0.464. The molecule has 2 saturated heterocycles. The van der Waals surface area contributed by atoms with Crippen molar-refractivity contribution in [2.45, 2.75) is 52.0 Å². The smallest absolute Gasteiger partial charge is 0.334 e. The summed E-state index contributed by atoms with van der Waals surface area (Å²) in [5, 5.41) is 6.10. The summed E-state index contributed by atoms with van der Waals surface area (Å²) in [5.41, 5.74) is 1.68. The van der Waals surface area contributed by atoms with Crippen LogP contribution in [0.15, 0.2) is 48.5 Å². The van der Waals surface area contributed by atoms with E-state index in [-0.39, 0.29) is 55.3 Å². The van der Waals surface area contributed by atoms with E-state index < -0.39 is 12.2 Å². The lowest BCUT2D eigenvalue weighted by Gasteiger charge is -2.55. The van der Waals surface area contributed by atoms with E-state index in [1.54, 1.807) is 41.1 Å². The number of hydrogen-bond donors (Lipinski definition) is 1. The molecule has 1 N–H and O–H groups in total. The normalized spacial score (nSPS) is 21.0. The van der Waals surface area contributed by atoms with Gasteiger partial charge in [0.15, 0.2) is 0 Å². The molecule has 4 rings (SSSR count). The van der Waals surface area contributed by atoms with E-state index in [0.29, 0.717) is 6.42 Å². The van der Waals surface area contributed by atoms with Crippen LogP contribution >= 0.6 is 0 Å². The minimum Gasteiger partial charge on any atom is -0.497 e. The number of benzene rings is 2. The van der Waals surface area contributed by atoms with Crippen LogP contribution < -0.4 is 10.1 Å². The van der Waals surface area contributed by atoms with Crippen LogP contribution in [0.3, 0.4) is 0 Å². The zero-order chi connectivity index (χ0) is 27.6. The van der Waals surface area contributed by atoms with E-state index in [4.69, 9.17) is 4.74 Å². The molecule has 38 heavy (non-hydrogen) atoms. The molecule has 0 spiro atoms. The topological polar surface area (TPSA) is 85.4 Å². The Morgan fingerprint density at radius 3 is 2.34 bits per heavy atom. The Bertz CT molecular complexity index is 1160. The molecule has 4 amide bonds. The van der Waals surface area contributed by atoms with Crippen LogP contribution in [0.2, 0.25) is 0 Å². The quantitative estimate of drug-likeness (QED) is 0.599. The summed E-state index contributed by atoms with van der Waals surface area (Å²) >= 11 is 0. The Labute approximate surface area is 223 Å². The average molecular weight is 526 g/mol. The number of piperazine rings is 1. The molecule has 0 aliphatic carbocycles. The Morgan fingerprint density at radius 1 is 1.08 bits per heavy atom. The van der Waals surface area contributed by atoms with Crippen molar-refractivity contribution in [2.24, 2.45) is 5.92 Å². The first-order valence-corrected chi connectivity index (χ1v) is 12.9. The zero-order valence-electron chi connectivity index (χ0n) is 22.6. The zero-order valence-corrected chi connectivity index (χ0v) is 22.6. The summed E-state index contributed by atoms with van der Waals surface area (Å²) in [5.74, 6) is 0.168. The third kappa shape index (κ3) is 5.60. The molecule has 204 valence electrons. The van der Waals surface area contributed by atoms with E-state index in [1.165, 1.54) is 17.1 Å². The summed E-state index contributed by atoms with van der Waals surface area (Å²) < 4.78 is 18.8. The highest BCUT2D eigenvalue weighted by molar-refractivity contribution is 5.91. The highest BCUT2D eigenvalue weighted by Gasteiger charge is 2.51. The number of carbonyl (C=O) groups excluding carboxylic acids is 3. The van der Waals surface area contributed by atoms with Gasteiger partial charge in [0, 0.05) is 13.6 Å². The molecule has 0 aromatic heterocycles. The second-order valence-electron chi connectivity index (χ2n) is 10.3. The number of nitrogens with one attached hydrogen (secondary N) is 1. The highest BCUT2D eigenvalue weighted by atomic mass is 19.1. The van der Waals surface area contributed by atoms with Crippen LogP contribution in [0.5, 0.6) is 5.75 Å². The van der Waals surface area contributed by atoms with Gasteiger partial charge in [0.25, 0.3) is 0 Å². The molecule has 2 aromatic rings. The van der Waals surface area contributed by atoms with Crippen molar-refractivity contribution in [1.82, 2.24) is 25.1 Å². The molecule has 2 aliphatic heterocycles. The van der Waals surface area contributed by atoms with Gasteiger partial charge in [0.05, 0.1) is 26.2 Å². The molecule has 3 atom stereocenters. The first-order chi connectivity index (χ1) is 18.1. The molecule has 2 aromatic carbocycles. The lowest BCUT2D eigenvalue weighted by Crippen LogP contribution is -2.76. The molecular weight excluding hydrogens is 489 g/mol. The van der Waals surface area contributed by atoms with Crippen molar-refractivity contribution in [2.75, 3.05) is 27.2 Å². The Morgan fingerprint density at radius 2 is 1.74 bits per heavy atom. The minimum absolute atomic E-state index is 0.0121. The van der Waals surface area contributed by atoms with Gasteiger partial charge in [-0.25, -0.2) is 19.2 Å². The molecule has 0 saturated carbocycles. The maximum atomic E-state index is 13.8. The van der Waals surface area contributed by atoms with Crippen LogP contribution in [0.4, 0.5) is 9.18 Å². The number of fused-ring (bicyclic) bond motifs is 1. The number of halogens is 1. The lowest BCUT2D eigenvalue weighted by molar-refractivity contribution is -0.190. The van der Waals surface area contributed by atoms with Gasteiger partial charge in [-0.1, -0.05) is 38.1 Å². The number of likely N-dealkylation sites (N-methyl/N-ethyl adjacent to an activating group) is 1. The predicted molar refractivity (Wildman–Crippen MR) is 140 cm³/mol. The fourth-order valence-electron chi connectivity index (χ4n) is 5.21. The molecule has 9 nitrogen and oxygen atoms in total. The summed E-state index contributed by atoms with van der Waals surface area (Å²) in [6, 6.07) is 12.0. The molecule has 2 heterocycles. The number of nitrogens with zero attached hydrogens (tertiary/aromatic N) is 4. The molecule has 0 bridgehead atoms. The van der Waals surface area contributed by atoms with Crippen LogP contribution in [-0.2, 0) is 16.1 Å². The largest absolute Gasteiger partial charge is 0.497 e. The standard InChI is InChI=1S/C28H36FN5O4/c1-18(2)14-24-27(36)32(19(3)21-8-10-22(29)11-9-21)16-25-33(24)26(35)17-31(4)34(25)28(37)30-15-20-6-12-23(38-5)13-7-20/h6-13,18-19,24-25H,14-17H2,1-5H3,(H,30,37)/t19?,24-,25-/m0/s1. The van der Waals surface area contributed by atoms with Crippen LogP contribution in [0, 0.1) is 11.7 Å². The van der Waals surface area contributed by atoms with Crippen molar-refractivity contribution < 1.29 is 23.5 Å². The number of hydrazine groups is 1. The number of urea groups is 1. The van der Waals surface area contributed by atoms with Crippen molar-refractivity contribution in [3.63, 3.8) is 0 Å². The Balaban J connectivity index is 1.62. The summed E-state index contributed by atoms with van der Waals surface area (Å²) in [6.07, 6.45) is -0.208. The monoisotopic (exact) mass is 525 g/mol. The van der Waals surface area contributed by atoms with Crippen molar-refractivity contribution in [1.29, 1.82) is 0 Å². The van der Waals surface area contributed by atoms with Crippen LogP contribution in [0.25, 0.3) is 0 Å². The van der Waals surface area contributed by atoms with Crippen molar-refractivity contribution in [3.8, 4) is 5.75 Å². The highest BCUT2D eigenvalue weighted by Crippen LogP contribution is 2.33. The maximum Gasteiger partial charge on any atom is 0.334 e. The Kier molecular flexibility index (Phi) is 8.20. The van der Waals surface area contributed by atoms with Gasteiger partial charge < -0.3 is 19.9 Å². The number of hydrogen-bond acceptors (Lipinski definition) is 5. The maximum absolute atomic E-state index is 13.8. The minimum atomic E-state index is -0.699. The van der Waals surface area contributed by atoms with Crippen LogP contribution in [-0.4, -0.2) is 77.1 Å². The van der Waals surface area contributed by atoms with Gasteiger partial charge in [-0.3, -0.25) is 9.59 Å². The number of rotatable bonds is 7. The van der Waals surface area contributed by atoms with E-state index in [2.05, 4.69) is 5.32 Å². The third-order valence-corrected chi connectivity index (χ3v) is 7.21. The third-order valence-electron chi connectivity index (χ3n) is 7.21. The summed E-state index contributed by atoms with van der Waals surface area (Å²) in [6.45, 7) is 6.31. The number of carbonyl (C=O) groups is 3. The molecular formula is C28H36FN5O4.